The summed E-state index contributed by atoms with van der Waals surface area (Å²) >= 11 is 0. The molecule has 2 atom stereocenters. The highest BCUT2D eigenvalue weighted by molar-refractivity contribution is 5.69. The standard InChI is InChI=1S/C9H18O3/c1-4-7(8(10)11)6-9(3,12)5-2/h7,12H,4-6H2,1-3H3,(H,10,11). The van der Waals surface area contributed by atoms with E-state index in [-0.39, 0.29) is 0 Å². The molecule has 2 unspecified atom stereocenters. The Balaban J connectivity index is 4.11. The van der Waals surface area contributed by atoms with E-state index >= 15 is 0 Å². The molecule has 0 heterocycles. The van der Waals surface area contributed by atoms with Crippen LogP contribution >= 0.6 is 0 Å². The molecule has 3 heteroatoms. The van der Waals surface area contributed by atoms with E-state index in [2.05, 4.69) is 0 Å². The Morgan fingerprint density at radius 2 is 2.00 bits per heavy atom. The van der Waals surface area contributed by atoms with Gasteiger partial charge >= 0.3 is 5.97 Å². The summed E-state index contributed by atoms with van der Waals surface area (Å²) in [5, 5.41) is 18.3. The van der Waals surface area contributed by atoms with Gasteiger partial charge in [-0.25, -0.2) is 0 Å². The predicted octanol–water partition coefficient (Wildman–Crippen LogP) is 1.65. The molecule has 0 aliphatic rings. The van der Waals surface area contributed by atoms with Gasteiger partial charge in [0.05, 0.1) is 11.5 Å². The Kier molecular flexibility index (Phi) is 4.24. The smallest absolute Gasteiger partial charge is 0.306 e. The maximum atomic E-state index is 10.6. The summed E-state index contributed by atoms with van der Waals surface area (Å²) in [6.45, 7) is 5.36. The van der Waals surface area contributed by atoms with Gasteiger partial charge in [-0.15, -0.1) is 0 Å². The Hall–Kier alpha value is -0.570. The molecule has 0 amide bonds. The number of aliphatic hydroxyl groups is 1. The highest BCUT2D eigenvalue weighted by Crippen LogP contribution is 2.22. The van der Waals surface area contributed by atoms with Crippen LogP contribution in [0.1, 0.15) is 40.0 Å². The third-order valence-electron chi connectivity index (χ3n) is 2.29. The zero-order valence-electron chi connectivity index (χ0n) is 8.00. The van der Waals surface area contributed by atoms with Crippen LogP contribution in [0.2, 0.25) is 0 Å². The molecule has 0 aliphatic heterocycles. The molecule has 72 valence electrons. The highest BCUT2D eigenvalue weighted by Gasteiger charge is 2.26. The van der Waals surface area contributed by atoms with Crippen molar-refractivity contribution in [3.8, 4) is 0 Å². The third-order valence-corrected chi connectivity index (χ3v) is 2.29. The van der Waals surface area contributed by atoms with Crippen molar-refractivity contribution in [2.75, 3.05) is 0 Å². The molecule has 0 aromatic rings. The summed E-state index contributed by atoms with van der Waals surface area (Å²) in [7, 11) is 0. The van der Waals surface area contributed by atoms with Crippen molar-refractivity contribution in [2.45, 2.75) is 45.6 Å². The lowest BCUT2D eigenvalue weighted by atomic mass is 9.88. The molecular weight excluding hydrogens is 156 g/mol. The van der Waals surface area contributed by atoms with E-state index in [0.717, 1.165) is 0 Å². The quantitative estimate of drug-likeness (QED) is 0.666. The lowest BCUT2D eigenvalue weighted by Gasteiger charge is -2.24. The summed E-state index contributed by atoms with van der Waals surface area (Å²) in [5.41, 5.74) is -0.834. The van der Waals surface area contributed by atoms with Gasteiger partial charge in [-0.1, -0.05) is 13.8 Å². The first-order valence-electron chi connectivity index (χ1n) is 4.38. The van der Waals surface area contributed by atoms with Crippen LogP contribution < -0.4 is 0 Å². The molecule has 0 aliphatic carbocycles. The summed E-state index contributed by atoms with van der Waals surface area (Å²) < 4.78 is 0. The van der Waals surface area contributed by atoms with Gasteiger partial charge in [0.1, 0.15) is 0 Å². The molecule has 0 saturated carbocycles. The second kappa shape index (κ2) is 4.45. The average molecular weight is 174 g/mol. The zero-order valence-corrected chi connectivity index (χ0v) is 8.00. The molecule has 0 fully saturated rings. The van der Waals surface area contributed by atoms with Gasteiger partial charge in [0.25, 0.3) is 0 Å². The number of carbonyl (C=O) groups is 1. The van der Waals surface area contributed by atoms with Crippen molar-refractivity contribution < 1.29 is 15.0 Å². The maximum absolute atomic E-state index is 10.6. The van der Waals surface area contributed by atoms with E-state index in [9.17, 15) is 9.90 Å². The van der Waals surface area contributed by atoms with Crippen molar-refractivity contribution in [3.05, 3.63) is 0 Å². The Morgan fingerprint density at radius 3 is 2.25 bits per heavy atom. The highest BCUT2D eigenvalue weighted by atomic mass is 16.4. The van der Waals surface area contributed by atoms with Gasteiger partial charge in [0.2, 0.25) is 0 Å². The number of hydrogen-bond donors (Lipinski definition) is 2. The largest absolute Gasteiger partial charge is 0.481 e. The van der Waals surface area contributed by atoms with E-state index in [1.54, 1.807) is 6.92 Å². The monoisotopic (exact) mass is 174 g/mol. The van der Waals surface area contributed by atoms with Crippen LogP contribution in [0, 0.1) is 5.92 Å². The Bertz CT molecular complexity index is 152. The van der Waals surface area contributed by atoms with Crippen LogP contribution in [0.5, 0.6) is 0 Å². The third kappa shape index (κ3) is 3.72. The summed E-state index contributed by atoms with van der Waals surface area (Å²) in [4.78, 5) is 10.6. The molecule has 0 aromatic carbocycles. The van der Waals surface area contributed by atoms with Crippen molar-refractivity contribution in [1.29, 1.82) is 0 Å². The second-order valence-electron chi connectivity index (χ2n) is 3.50. The van der Waals surface area contributed by atoms with Crippen LogP contribution in [0.15, 0.2) is 0 Å². The lowest BCUT2D eigenvalue weighted by molar-refractivity contribution is -0.144. The molecule has 3 nitrogen and oxygen atoms in total. The first kappa shape index (κ1) is 11.4. The molecule has 0 rings (SSSR count). The van der Waals surface area contributed by atoms with Crippen LogP contribution in [-0.4, -0.2) is 21.8 Å². The number of carboxylic acid groups (broad SMARTS) is 1. The first-order chi connectivity index (χ1) is 5.43. The Labute approximate surface area is 73.4 Å². The Morgan fingerprint density at radius 1 is 1.50 bits per heavy atom. The van der Waals surface area contributed by atoms with Gasteiger partial charge in [-0.3, -0.25) is 4.79 Å². The van der Waals surface area contributed by atoms with E-state index < -0.39 is 17.5 Å². The molecule has 0 radical (unpaired) electrons. The molecule has 2 N–H and O–H groups in total. The molecule has 0 saturated heterocycles. The van der Waals surface area contributed by atoms with Crippen molar-refractivity contribution >= 4 is 5.97 Å². The van der Waals surface area contributed by atoms with E-state index in [4.69, 9.17) is 5.11 Å². The van der Waals surface area contributed by atoms with Crippen LogP contribution in [-0.2, 0) is 4.79 Å². The summed E-state index contributed by atoms with van der Waals surface area (Å²) in [5.74, 6) is -1.23. The van der Waals surface area contributed by atoms with Crippen LogP contribution in [0.4, 0.5) is 0 Å². The number of carboxylic acids is 1. The molecule has 0 spiro atoms. The number of hydrogen-bond acceptors (Lipinski definition) is 2. The van der Waals surface area contributed by atoms with Crippen molar-refractivity contribution in [3.63, 3.8) is 0 Å². The lowest BCUT2D eigenvalue weighted by Crippen LogP contribution is -2.29. The maximum Gasteiger partial charge on any atom is 0.306 e. The van der Waals surface area contributed by atoms with Crippen molar-refractivity contribution in [1.82, 2.24) is 0 Å². The molecule has 0 bridgehead atoms. The second-order valence-corrected chi connectivity index (χ2v) is 3.50. The molecule has 12 heavy (non-hydrogen) atoms. The fourth-order valence-electron chi connectivity index (χ4n) is 1.08. The van der Waals surface area contributed by atoms with Gasteiger partial charge in [-0.2, -0.15) is 0 Å². The van der Waals surface area contributed by atoms with Gasteiger partial charge < -0.3 is 10.2 Å². The first-order valence-corrected chi connectivity index (χ1v) is 4.38. The predicted molar refractivity (Wildman–Crippen MR) is 46.9 cm³/mol. The van der Waals surface area contributed by atoms with E-state index in [0.29, 0.717) is 19.3 Å². The minimum absolute atomic E-state index is 0.343. The van der Waals surface area contributed by atoms with E-state index in [1.165, 1.54) is 0 Å². The fourth-order valence-corrected chi connectivity index (χ4v) is 1.08. The summed E-state index contributed by atoms with van der Waals surface area (Å²) in [6, 6.07) is 0. The van der Waals surface area contributed by atoms with Gasteiger partial charge in [-0.05, 0) is 26.2 Å². The van der Waals surface area contributed by atoms with Gasteiger partial charge in [0.15, 0.2) is 0 Å². The molecular formula is C9H18O3. The molecule has 0 aromatic heterocycles. The van der Waals surface area contributed by atoms with Crippen molar-refractivity contribution in [2.24, 2.45) is 5.92 Å². The fraction of sp³-hybridized carbons (Fsp3) is 0.889. The van der Waals surface area contributed by atoms with Crippen LogP contribution in [0.3, 0.4) is 0 Å². The number of aliphatic carboxylic acids is 1. The van der Waals surface area contributed by atoms with E-state index in [1.807, 2.05) is 13.8 Å². The topological polar surface area (TPSA) is 57.5 Å². The van der Waals surface area contributed by atoms with Crippen LogP contribution in [0.25, 0.3) is 0 Å². The average Bonchev–Trinajstić information content (AvgIpc) is 2.00. The minimum atomic E-state index is -0.834. The zero-order chi connectivity index (χ0) is 9.78. The number of rotatable bonds is 5. The van der Waals surface area contributed by atoms with Gasteiger partial charge in [0, 0.05) is 0 Å². The summed E-state index contributed by atoms with van der Waals surface area (Å²) in [6.07, 6.45) is 1.51. The normalized spacial score (nSPS) is 18.3. The SMILES string of the molecule is CCC(CC(C)(O)CC)C(=O)O. The minimum Gasteiger partial charge on any atom is -0.481 e.